The molecule has 2 rings (SSSR count). The molecule has 0 spiro atoms. The first-order chi connectivity index (χ1) is 10.1. The summed E-state index contributed by atoms with van der Waals surface area (Å²) < 4.78 is 0. The lowest BCUT2D eigenvalue weighted by Crippen LogP contribution is -2.43. The maximum Gasteiger partial charge on any atom is 0.236 e. The fraction of sp³-hybridized carbons (Fsp3) is 0.389. The van der Waals surface area contributed by atoms with Gasteiger partial charge in [-0.3, -0.25) is 10.1 Å². The number of hydrogen-bond donors (Lipinski definition) is 2. The molecule has 2 atom stereocenters. The molecule has 2 aromatic carbocycles. The third-order valence-corrected chi connectivity index (χ3v) is 3.73. The van der Waals surface area contributed by atoms with Crippen molar-refractivity contribution in [3.8, 4) is 0 Å². The van der Waals surface area contributed by atoms with Crippen molar-refractivity contribution in [1.29, 1.82) is 0 Å². The SMILES string of the molecule is CCCNC(=O)C(C)NC(C)c1cccc2ccccc12. The average Bonchev–Trinajstić information content (AvgIpc) is 2.51. The Morgan fingerprint density at radius 1 is 1.10 bits per heavy atom. The highest BCUT2D eigenvalue weighted by Gasteiger charge is 2.16. The van der Waals surface area contributed by atoms with E-state index in [2.05, 4.69) is 60.9 Å². The van der Waals surface area contributed by atoms with Gasteiger partial charge < -0.3 is 5.32 Å². The van der Waals surface area contributed by atoms with Gasteiger partial charge in [0.2, 0.25) is 5.91 Å². The van der Waals surface area contributed by atoms with Gasteiger partial charge in [-0.2, -0.15) is 0 Å². The van der Waals surface area contributed by atoms with Crippen molar-refractivity contribution >= 4 is 16.7 Å². The zero-order chi connectivity index (χ0) is 15.2. The summed E-state index contributed by atoms with van der Waals surface area (Å²) in [5, 5.41) is 8.78. The van der Waals surface area contributed by atoms with Gasteiger partial charge in [-0.1, -0.05) is 49.4 Å². The Balaban J connectivity index is 2.12. The van der Waals surface area contributed by atoms with Crippen LogP contribution in [0.1, 0.15) is 38.8 Å². The van der Waals surface area contributed by atoms with Crippen LogP contribution >= 0.6 is 0 Å². The van der Waals surface area contributed by atoms with E-state index >= 15 is 0 Å². The van der Waals surface area contributed by atoms with Crippen molar-refractivity contribution in [2.24, 2.45) is 0 Å². The van der Waals surface area contributed by atoms with Gasteiger partial charge in [0.15, 0.2) is 0 Å². The molecule has 0 fully saturated rings. The van der Waals surface area contributed by atoms with Gasteiger partial charge >= 0.3 is 0 Å². The lowest BCUT2D eigenvalue weighted by atomic mass is 9.99. The molecule has 0 aliphatic carbocycles. The molecule has 0 saturated heterocycles. The summed E-state index contributed by atoms with van der Waals surface area (Å²) in [5.74, 6) is 0.0592. The largest absolute Gasteiger partial charge is 0.355 e. The molecule has 3 nitrogen and oxygen atoms in total. The van der Waals surface area contributed by atoms with Crippen molar-refractivity contribution in [2.45, 2.75) is 39.3 Å². The topological polar surface area (TPSA) is 41.1 Å². The fourth-order valence-electron chi connectivity index (χ4n) is 2.57. The van der Waals surface area contributed by atoms with Crippen LogP contribution in [0.2, 0.25) is 0 Å². The number of rotatable bonds is 6. The lowest BCUT2D eigenvalue weighted by Gasteiger charge is -2.21. The molecule has 21 heavy (non-hydrogen) atoms. The van der Waals surface area contributed by atoms with Crippen LogP contribution in [-0.4, -0.2) is 18.5 Å². The molecular formula is C18H24N2O. The number of carbonyl (C=O) groups excluding carboxylic acids is 1. The standard InChI is InChI=1S/C18H24N2O/c1-4-12-19-18(21)14(3)20-13(2)16-11-7-9-15-8-5-6-10-17(15)16/h5-11,13-14,20H,4,12H2,1-3H3,(H,19,21). The molecule has 0 heterocycles. The number of carbonyl (C=O) groups is 1. The second-order valence-corrected chi connectivity index (χ2v) is 5.47. The van der Waals surface area contributed by atoms with Crippen LogP contribution in [0.15, 0.2) is 42.5 Å². The zero-order valence-corrected chi connectivity index (χ0v) is 13.0. The van der Waals surface area contributed by atoms with E-state index in [0.717, 1.165) is 13.0 Å². The van der Waals surface area contributed by atoms with E-state index in [0.29, 0.717) is 0 Å². The van der Waals surface area contributed by atoms with Crippen molar-refractivity contribution in [3.05, 3.63) is 48.0 Å². The molecule has 112 valence electrons. The number of nitrogens with one attached hydrogen (secondary N) is 2. The minimum Gasteiger partial charge on any atom is -0.355 e. The van der Waals surface area contributed by atoms with Crippen LogP contribution < -0.4 is 10.6 Å². The van der Waals surface area contributed by atoms with Gasteiger partial charge in [0.1, 0.15) is 0 Å². The summed E-state index contributed by atoms with van der Waals surface area (Å²) in [6.07, 6.45) is 0.956. The van der Waals surface area contributed by atoms with Crippen molar-refractivity contribution in [2.75, 3.05) is 6.54 Å². The van der Waals surface area contributed by atoms with E-state index in [1.165, 1.54) is 16.3 Å². The summed E-state index contributed by atoms with van der Waals surface area (Å²) in [6, 6.07) is 14.6. The van der Waals surface area contributed by atoms with E-state index < -0.39 is 0 Å². The number of hydrogen-bond acceptors (Lipinski definition) is 2. The Morgan fingerprint density at radius 2 is 1.81 bits per heavy atom. The third-order valence-electron chi connectivity index (χ3n) is 3.73. The second-order valence-electron chi connectivity index (χ2n) is 5.47. The Hall–Kier alpha value is -1.87. The summed E-state index contributed by atoms with van der Waals surface area (Å²) in [6.45, 7) is 6.79. The van der Waals surface area contributed by atoms with E-state index in [1.807, 2.05) is 13.0 Å². The van der Waals surface area contributed by atoms with Crippen molar-refractivity contribution < 1.29 is 4.79 Å². The Morgan fingerprint density at radius 3 is 2.57 bits per heavy atom. The Bertz CT molecular complexity index is 604. The van der Waals surface area contributed by atoms with Gasteiger partial charge in [0.05, 0.1) is 6.04 Å². The summed E-state index contributed by atoms with van der Waals surface area (Å²) >= 11 is 0. The van der Waals surface area contributed by atoms with Crippen LogP contribution in [0.25, 0.3) is 10.8 Å². The van der Waals surface area contributed by atoms with E-state index in [-0.39, 0.29) is 18.0 Å². The minimum absolute atomic E-state index is 0.0592. The third kappa shape index (κ3) is 3.82. The van der Waals surface area contributed by atoms with Gasteiger partial charge in [-0.05, 0) is 36.6 Å². The van der Waals surface area contributed by atoms with Gasteiger partial charge in [-0.25, -0.2) is 0 Å². The molecule has 0 aliphatic heterocycles. The summed E-state index contributed by atoms with van der Waals surface area (Å²) in [5.41, 5.74) is 1.23. The Labute approximate surface area is 126 Å². The van der Waals surface area contributed by atoms with Crippen LogP contribution in [0.3, 0.4) is 0 Å². The molecule has 0 radical (unpaired) electrons. The van der Waals surface area contributed by atoms with Crippen LogP contribution in [0, 0.1) is 0 Å². The highest BCUT2D eigenvalue weighted by atomic mass is 16.2. The van der Waals surface area contributed by atoms with E-state index in [1.54, 1.807) is 0 Å². The number of benzene rings is 2. The predicted molar refractivity (Wildman–Crippen MR) is 88.3 cm³/mol. The monoisotopic (exact) mass is 284 g/mol. The summed E-state index contributed by atoms with van der Waals surface area (Å²) in [7, 11) is 0. The molecule has 2 N–H and O–H groups in total. The number of fused-ring (bicyclic) bond motifs is 1. The predicted octanol–water partition coefficient (Wildman–Crippen LogP) is 3.41. The molecule has 0 aromatic heterocycles. The van der Waals surface area contributed by atoms with Crippen LogP contribution in [-0.2, 0) is 4.79 Å². The van der Waals surface area contributed by atoms with Gasteiger partial charge in [0.25, 0.3) is 0 Å². The Kier molecular flexibility index (Phi) is 5.34. The average molecular weight is 284 g/mol. The first-order valence-electron chi connectivity index (χ1n) is 7.65. The van der Waals surface area contributed by atoms with E-state index in [9.17, 15) is 4.79 Å². The molecule has 0 aliphatic rings. The van der Waals surface area contributed by atoms with Gasteiger partial charge in [-0.15, -0.1) is 0 Å². The van der Waals surface area contributed by atoms with Gasteiger partial charge in [0, 0.05) is 12.6 Å². The normalized spacial score (nSPS) is 13.9. The first-order valence-corrected chi connectivity index (χ1v) is 7.65. The second kappa shape index (κ2) is 7.23. The molecule has 0 saturated carbocycles. The highest BCUT2D eigenvalue weighted by Crippen LogP contribution is 2.24. The lowest BCUT2D eigenvalue weighted by molar-refractivity contribution is -0.122. The molecule has 3 heteroatoms. The molecule has 2 unspecified atom stereocenters. The molecule has 0 bridgehead atoms. The summed E-state index contributed by atoms with van der Waals surface area (Å²) in [4.78, 5) is 12.0. The smallest absolute Gasteiger partial charge is 0.236 e. The van der Waals surface area contributed by atoms with Crippen molar-refractivity contribution in [1.82, 2.24) is 10.6 Å². The molecule has 2 aromatic rings. The minimum atomic E-state index is -0.203. The molecular weight excluding hydrogens is 260 g/mol. The van der Waals surface area contributed by atoms with Crippen molar-refractivity contribution in [3.63, 3.8) is 0 Å². The molecule has 1 amide bonds. The highest BCUT2D eigenvalue weighted by molar-refractivity contribution is 5.86. The zero-order valence-electron chi connectivity index (χ0n) is 13.0. The maximum atomic E-state index is 12.0. The first kappa shape index (κ1) is 15.5. The number of amides is 1. The van der Waals surface area contributed by atoms with Crippen LogP contribution in [0.4, 0.5) is 0 Å². The van der Waals surface area contributed by atoms with E-state index in [4.69, 9.17) is 0 Å². The maximum absolute atomic E-state index is 12.0. The van der Waals surface area contributed by atoms with Crippen LogP contribution in [0.5, 0.6) is 0 Å². The fourth-order valence-corrected chi connectivity index (χ4v) is 2.57. The quantitative estimate of drug-likeness (QED) is 0.853.